The summed E-state index contributed by atoms with van der Waals surface area (Å²) in [4.78, 5) is 10.00. The van der Waals surface area contributed by atoms with E-state index in [0.29, 0.717) is 0 Å². The molecule has 4 heteroatoms. The molecule has 2 heterocycles. The summed E-state index contributed by atoms with van der Waals surface area (Å²) >= 11 is 3.51. The Labute approximate surface area is 192 Å². The van der Waals surface area contributed by atoms with Crippen LogP contribution in [0.3, 0.4) is 0 Å². The molecule has 2 nitrogen and oxygen atoms in total. The summed E-state index contributed by atoms with van der Waals surface area (Å²) in [6.45, 7) is 0. The molecule has 5 aromatic carbocycles. The molecule has 0 amide bonds. The van der Waals surface area contributed by atoms with E-state index in [4.69, 9.17) is 9.97 Å². The third kappa shape index (κ3) is 2.77. The topological polar surface area (TPSA) is 25.8 Å². The molecule has 0 bridgehead atoms. The minimum absolute atomic E-state index is 1.01. The maximum atomic E-state index is 5.00. The maximum Gasteiger partial charge on any atom is 0.125 e. The standard InChI is InChI=1S/C28H16N2S2/c1-3-11-19-17(7-1)9-5-13-21(19)27-29-23-15-24-26(16-25(23)31-27)32-28(30-24)22-14-6-10-18-8-2-4-12-20(18)22/h1-16H. The summed E-state index contributed by atoms with van der Waals surface area (Å²) < 4.78 is 2.40. The van der Waals surface area contributed by atoms with E-state index in [1.54, 1.807) is 22.7 Å². The van der Waals surface area contributed by atoms with Gasteiger partial charge in [-0.3, -0.25) is 0 Å². The van der Waals surface area contributed by atoms with Crippen LogP contribution in [0.1, 0.15) is 0 Å². The van der Waals surface area contributed by atoms with Gasteiger partial charge >= 0.3 is 0 Å². The average Bonchev–Trinajstić information content (AvgIpc) is 3.44. The zero-order valence-electron chi connectivity index (χ0n) is 16.9. The lowest BCUT2D eigenvalue weighted by atomic mass is 10.1. The van der Waals surface area contributed by atoms with Crippen molar-refractivity contribution >= 4 is 64.7 Å². The van der Waals surface area contributed by atoms with Crippen molar-refractivity contribution in [2.75, 3.05) is 0 Å². The summed E-state index contributed by atoms with van der Waals surface area (Å²) in [6, 6.07) is 34.3. The van der Waals surface area contributed by atoms with Gasteiger partial charge in [0.1, 0.15) is 10.0 Å². The highest BCUT2D eigenvalue weighted by molar-refractivity contribution is 7.24. The van der Waals surface area contributed by atoms with Crippen molar-refractivity contribution in [3.63, 3.8) is 0 Å². The van der Waals surface area contributed by atoms with Crippen LogP contribution in [-0.2, 0) is 0 Å². The minimum atomic E-state index is 1.01. The number of hydrogen-bond donors (Lipinski definition) is 0. The molecule has 150 valence electrons. The lowest BCUT2D eigenvalue weighted by molar-refractivity contribution is 1.47. The highest BCUT2D eigenvalue weighted by Crippen LogP contribution is 2.39. The monoisotopic (exact) mass is 444 g/mol. The maximum absolute atomic E-state index is 5.00. The van der Waals surface area contributed by atoms with Crippen LogP contribution in [0, 0.1) is 0 Å². The van der Waals surface area contributed by atoms with Crippen molar-refractivity contribution in [1.82, 2.24) is 9.97 Å². The SMILES string of the molecule is c1ccc2c(-c3nc4cc5nc(-c6cccc7ccccc67)sc5cc4s3)cccc2c1. The Morgan fingerprint density at radius 2 is 0.938 bits per heavy atom. The molecule has 0 spiro atoms. The Balaban J connectivity index is 1.39. The fraction of sp³-hybridized carbons (Fsp3) is 0. The van der Waals surface area contributed by atoms with Crippen LogP contribution in [0.25, 0.3) is 63.1 Å². The Morgan fingerprint density at radius 1 is 0.469 bits per heavy atom. The highest BCUT2D eigenvalue weighted by atomic mass is 32.1. The third-order valence-corrected chi connectivity index (χ3v) is 8.04. The summed E-state index contributed by atoms with van der Waals surface area (Å²) in [7, 11) is 0. The molecule has 0 fully saturated rings. The van der Waals surface area contributed by atoms with Gasteiger partial charge in [0.15, 0.2) is 0 Å². The molecule has 0 unspecified atom stereocenters. The van der Waals surface area contributed by atoms with Gasteiger partial charge in [0, 0.05) is 11.1 Å². The van der Waals surface area contributed by atoms with Gasteiger partial charge in [0.05, 0.1) is 20.4 Å². The van der Waals surface area contributed by atoms with Crippen LogP contribution < -0.4 is 0 Å². The zero-order chi connectivity index (χ0) is 21.1. The predicted octanol–water partition coefficient (Wildman–Crippen LogP) is 8.55. The summed E-state index contributed by atoms with van der Waals surface area (Å²) in [5.41, 5.74) is 4.41. The lowest BCUT2D eigenvalue weighted by Gasteiger charge is -2.02. The second-order valence-electron chi connectivity index (χ2n) is 7.88. The molecule has 0 aliphatic carbocycles. The molecule has 7 rings (SSSR count). The number of thiazole rings is 2. The molecule has 0 N–H and O–H groups in total. The van der Waals surface area contributed by atoms with E-state index in [1.165, 1.54) is 42.1 Å². The first-order valence-electron chi connectivity index (χ1n) is 10.5. The van der Waals surface area contributed by atoms with Crippen molar-refractivity contribution in [3.05, 3.63) is 97.1 Å². The number of fused-ring (bicyclic) bond motifs is 4. The van der Waals surface area contributed by atoms with E-state index >= 15 is 0 Å². The Hall–Kier alpha value is -3.60. The largest absolute Gasteiger partial charge is 0.236 e. The van der Waals surface area contributed by atoms with Crippen LogP contribution >= 0.6 is 22.7 Å². The molecule has 2 aromatic heterocycles. The van der Waals surface area contributed by atoms with Gasteiger partial charge in [0.25, 0.3) is 0 Å². The van der Waals surface area contributed by atoms with Gasteiger partial charge in [-0.05, 0) is 33.7 Å². The van der Waals surface area contributed by atoms with Gasteiger partial charge in [-0.15, -0.1) is 22.7 Å². The van der Waals surface area contributed by atoms with Crippen LogP contribution in [0.2, 0.25) is 0 Å². The van der Waals surface area contributed by atoms with Crippen molar-refractivity contribution in [2.45, 2.75) is 0 Å². The summed E-state index contributed by atoms with van der Waals surface area (Å²) in [5.74, 6) is 0. The van der Waals surface area contributed by atoms with Gasteiger partial charge in [-0.25, -0.2) is 9.97 Å². The molecule has 0 radical (unpaired) electrons. The van der Waals surface area contributed by atoms with E-state index in [0.717, 1.165) is 21.0 Å². The Kier molecular flexibility index (Phi) is 3.92. The minimum Gasteiger partial charge on any atom is -0.236 e. The first-order chi connectivity index (χ1) is 15.8. The number of nitrogens with zero attached hydrogens (tertiary/aromatic N) is 2. The fourth-order valence-electron chi connectivity index (χ4n) is 4.40. The Morgan fingerprint density at radius 3 is 1.47 bits per heavy atom. The second-order valence-corrected chi connectivity index (χ2v) is 9.94. The van der Waals surface area contributed by atoms with Crippen LogP contribution in [0.5, 0.6) is 0 Å². The number of hydrogen-bond acceptors (Lipinski definition) is 4. The number of benzene rings is 5. The normalized spacial score (nSPS) is 11.8. The van der Waals surface area contributed by atoms with Crippen LogP contribution in [0.4, 0.5) is 0 Å². The molecular weight excluding hydrogens is 428 g/mol. The van der Waals surface area contributed by atoms with Crippen molar-refractivity contribution < 1.29 is 0 Å². The number of rotatable bonds is 2. The van der Waals surface area contributed by atoms with E-state index in [2.05, 4.69) is 97.1 Å². The molecule has 32 heavy (non-hydrogen) atoms. The van der Waals surface area contributed by atoms with Crippen molar-refractivity contribution in [1.29, 1.82) is 0 Å². The first kappa shape index (κ1) is 18.0. The molecule has 0 atom stereocenters. The second kappa shape index (κ2) is 6.95. The third-order valence-electron chi connectivity index (χ3n) is 5.94. The molecule has 0 saturated heterocycles. The lowest BCUT2D eigenvalue weighted by Crippen LogP contribution is -1.80. The molecule has 7 aromatic rings. The van der Waals surface area contributed by atoms with Crippen LogP contribution in [0.15, 0.2) is 97.1 Å². The van der Waals surface area contributed by atoms with E-state index in [1.807, 2.05) is 0 Å². The molecule has 0 aliphatic rings. The van der Waals surface area contributed by atoms with Gasteiger partial charge in [-0.1, -0.05) is 84.9 Å². The molecule has 0 aliphatic heterocycles. The summed E-state index contributed by atoms with van der Waals surface area (Å²) in [5, 5.41) is 7.09. The van der Waals surface area contributed by atoms with E-state index in [-0.39, 0.29) is 0 Å². The summed E-state index contributed by atoms with van der Waals surface area (Å²) in [6.07, 6.45) is 0. The smallest absolute Gasteiger partial charge is 0.125 e. The first-order valence-corrected chi connectivity index (χ1v) is 12.1. The quantitative estimate of drug-likeness (QED) is 0.267. The van der Waals surface area contributed by atoms with Gasteiger partial charge in [-0.2, -0.15) is 0 Å². The highest BCUT2D eigenvalue weighted by Gasteiger charge is 2.14. The van der Waals surface area contributed by atoms with Crippen molar-refractivity contribution in [3.8, 4) is 21.1 Å². The molecule has 0 saturated carbocycles. The zero-order valence-corrected chi connectivity index (χ0v) is 18.6. The Bertz CT molecular complexity index is 1600. The number of aromatic nitrogens is 2. The van der Waals surface area contributed by atoms with Crippen molar-refractivity contribution in [2.24, 2.45) is 0 Å². The predicted molar refractivity (Wildman–Crippen MR) is 139 cm³/mol. The van der Waals surface area contributed by atoms with E-state index in [9.17, 15) is 0 Å². The van der Waals surface area contributed by atoms with Gasteiger partial charge in [0.2, 0.25) is 0 Å². The van der Waals surface area contributed by atoms with E-state index < -0.39 is 0 Å². The average molecular weight is 445 g/mol. The molecular formula is C28H16N2S2. The van der Waals surface area contributed by atoms with Crippen LogP contribution in [-0.4, -0.2) is 9.97 Å². The van der Waals surface area contributed by atoms with Gasteiger partial charge < -0.3 is 0 Å². The fourth-order valence-corrected chi connectivity index (χ4v) is 6.53.